The van der Waals surface area contributed by atoms with Crippen LogP contribution in [0.25, 0.3) is 0 Å². The van der Waals surface area contributed by atoms with E-state index < -0.39 is 11.9 Å². The summed E-state index contributed by atoms with van der Waals surface area (Å²) in [6.07, 6.45) is 14.7. The molecule has 0 aliphatic carbocycles. The quantitative estimate of drug-likeness (QED) is 0.210. The van der Waals surface area contributed by atoms with Gasteiger partial charge >= 0.3 is 41.5 Å². The number of rotatable bonds is 14. The number of hydrogen-bond acceptors (Lipinski definition) is 4. The van der Waals surface area contributed by atoms with Crippen LogP contribution in [0.1, 0.15) is 79.5 Å². The first-order valence-corrected chi connectivity index (χ1v) is 8.72. The van der Waals surface area contributed by atoms with E-state index in [-0.39, 0.29) is 31.0 Å². The zero-order valence-electron chi connectivity index (χ0n) is 16.3. The van der Waals surface area contributed by atoms with Crippen LogP contribution in [-0.4, -0.2) is 25.2 Å². The van der Waals surface area contributed by atoms with Gasteiger partial charge in [-0.05, 0) is 13.3 Å². The average Bonchev–Trinajstić information content (AvgIpc) is 2.51. The van der Waals surface area contributed by atoms with Crippen LogP contribution in [0.3, 0.4) is 0 Å². The Hall–Kier alpha value is -0.320. The molecule has 0 aliphatic heterocycles. The van der Waals surface area contributed by atoms with Crippen molar-refractivity contribution >= 4 is 11.9 Å². The van der Waals surface area contributed by atoms with Gasteiger partial charge in [-0.3, -0.25) is 0 Å². The molecule has 5 heteroatoms. The van der Waals surface area contributed by atoms with Gasteiger partial charge < -0.3 is 10.9 Å². The summed E-state index contributed by atoms with van der Waals surface area (Å²) in [5, 5.41) is 0. The van der Waals surface area contributed by atoms with Gasteiger partial charge in [-0.25, -0.2) is 9.59 Å². The zero-order valence-corrected chi connectivity index (χ0v) is 17.3. The summed E-state index contributed by atoms with van der Waals surface area (Å²) in [5.74, 6) is -0.998. The van der Waals surface area contributed by atoms with Gasteiger partial charge in [0.05, 0.1) is 13.2 Å². The molecular weight excluding hydrogens is 303 g/mol. The standard InChI is InChI=1S/C18H32O4.Na.H/c1-3-5-6-7-8-9-10-11-12-13-16-22-18(20)15-14-17(19)21-4-2;;/h14-15H,3-13,16H2,1-2H3;;/q;+1;-1/b15-14-;;. The van der Waals surface area contributed by atoms with Crippen molar-refractivity contribution < 1.29 is 50.0 Å². The summed E-state index contributed by atoms with van der Waals surface area (Å²) in [5.41, 5.74) is 0. The molecule has 0 spiro atoms. The van der Waals surface area contributed by atoms with Gasteiger partial charge in [-0.2, -0.15) is 0 Å². The number of esters is 2. The average molecular weight is 336 g/mol. The van der Waals surface area contributed by atoms with E-state index in [9.17, 15) is 9.59 Å². The number of hydrogen-bond donors (Lipinski definition) is 0. The maximum absolute atomic E-state index is 11.3. The van der Waals surface area contributed by atoms with E-state index in [1.807, 2.05) is 0 Å². The molecule has 23 heavy (non-hydrogen) atoms. The number of ether oxygens (including phenoxy) is 2. The third-order valence-electron chi connectivity index (χ3n) is 3.38. The third kappa shape index (κ3) is 19.6. The largest absolute Gasteiger partial charge is 1.00 e. The molecule has 0 fully saturated rings. The zero-order chi connectivity index (χ0) is 16.5. The van der Waals surface area contributed by atoms with Crippen LogP contribution in [0.2, 0.25) is 0 Å². The third-order valence-corrected chi connectivity index (χ3v) is 3.38. The van der Waals surface area contributed by atoms with E-state index in [0.29, 0.717) is 13.2 Å². The Balaban J connectivity index is -0.00000220. The summed E-state index contributed by atoms with van der Waals surface area (Å²) in [6, 6.07) is 0. The van der Waals surface area contributed by atoms with E-state index >= 15 is 0 Å². The van der Waals surface area contributed by atoms with Gasteiger partial charge in [0, 0.05) is 12.2 Å². The Morgan fingerprint density at radius 1 is 0.739 bits per heavy atom. The maximum atomic E-state index is 11.3. The van der Waals surface area contributed by atoms with Crippen molar-refractivity contribution in [3.63, 3.8) is 0 Å². The second kappa shape index (κ2) is 19.7. The predicted octanol–water partition coefficient (Wildman–Crippen LogP) is 1.69. The van der Waals surface area contributed by atoms with Gasteiger partial charge in [0.1, 0.15) is 0 Å². The molecule has 0 amide bonds. The molecule has 0 aromatic carbocycles. The Bertz CT molecular complexity index is 322. The topological polar surface area (TPSA) is 52.6 Å². The first kappa shape index (κ1) is 24.9. The van der Waals surface area contributed by atoms with Crippen molar-refractivity contribution in [2.45, 2.75) is 78.1 Å². The first-order chi connectivity index (χ1) is 10.7. The van der Waals surface area contributed by atoms with Crippen molar-refractivity contribution in [2.75, 3.05) is 13.2 Å². The number of carbonyl (C=O) groups excluding carboxylic acids is 2. The molecule has 0 saturated heterocycles. The number of unbranched alkanes of at least 4 members (excludes halogenated alkanes) is 9. The summed E-state index contributed by atoms with van der Waals surface area (Å²) in [6.45, 7) is 4.67. The Labute approximate surface area is 165 Å². The molecular formula is C18H33NaO4. The van der Waals surface area contributed by atoms with Crippen molar-refractivity contribution in [3.05, 3.63) is 12.2 Å². The van der Waals surface area contributed by atoms with Crippen LogP contribution in [0.5, 0.6) is 0 Å². The van der Waals surface area contributed by atoms with Crippen LogP contribution in [0.4, 0.5) is 0 Å². The first-order valence-electron chi connectivity index (χ1n) is 8.72. The molecule has 130 valence electrons. The van der Waals surface area contributed by atoms with Crippen LogP contribution in [0, 0.1) is 0 Å². The molecule has 4 nitrogen and oxygen atoms in total. The SMILES string of the molecule is CCCCCCCCCCCCOC(=O)/C=C\C(=O)OCC.[H-].[Na+]. The molecule has 0 N–H and O–H groups in total. The Morgan fingerprint density at radius 3 is 1.65 bits per heavy atom. The molecule has 0 atom stereocenters. The molecule has 0 heterocycles. The molecule has 0 aliphatic rings. The van der Waals surface area contributed by atoms with E-state index in [1.165, 1.54) is 51.4 Å². The Morgan fingerprint density at radius 2 is 1.17 bits per heavy atom. The summed E-state index contributed by atoms with van der Waals surface area (Å²) in [4.78, 5) is 22.3. The van der Waals surface area contributed by atoms with Gasteiger partial charge in [0.2, 0.25) is 0 Å². The second-order valence-corrected chi connectivity index (χ2v) is 5.43. The van der Waals surface area contributed by atoms with Gasteiger partial charge in [-0.15, -0.1) is 0 Å². The molecule has 0 bridgehead atoms. The van der Waals surface area contributed by atoms with E-state index in [1.54, 1.807) is 6.92 Å². The minimum Gasteiger partial charge on any atom is -1.00 e. The maximum Gasteiger partial charge on any atom is 1.00 e. The predicted molar refractivity (Wildman–Crippen MR) is 89.7 cm³/mol. The van der Waals surface area contributed by atoms with Crippen LogP contribution in [0.15, 0.2) is 12.2 Å². The van der Waals surface area contributed by atoms with Crippen molar-refractivity contribution in [1.29, 1.82) is 0 Å². The minimum absolute atomic E-state index is 0. The van der Waals surface area contributed by atoms with Gasteiger partial charge in [0.15, 0.2) is 0 Å². The molecule has 0 aromatic heterocycles. The van der Waals surface area contributed by atoms with Gasteiger partial charge in [-0.1, -0.05) is 64.7 Å². The number of carbonyl (C=O) groups is 2. The molecule has 0 unspecified atom stereocenters. The van der Waals surface area contributed by atoms with Crippen LogP contribution in [-0.2, 0) is 19.1 Å². The van der Waals surface area contributed by atoms with E-state index in [0.717, 1.165) is 25.0 Å². The van der Waals surface area contributed by atoms with E-state index in [4.69, 9.17) is 4.74 Å². The Kier molecular flexibility index (Phi) is 21.4. The van der Waals surface area contributed by atoms with Gasteiger partial charge in [0.25, 0.3) is 0 Å². The van der Waals surface area contributed by atoms with Crippen molar-refractivity contribution in [1.82, 2.24) is 0 Å². The van der Waals surface area contributed by atoms with Crippen LogP contribution < -0.4 is 29.6 Å². The summed E-state index contributed by atoms with van der Waals surface area (Å²) in [7, 11) is 0. The fourth-order valence-corrected chi connectivity index (χ4v) is 2.14. The molecule has 0 rings (SSSR count). The smallest absolute Gasteiger partial charge is 1.00 e. The molecule has 0 radical (unpaired) electrons. The molecule has 0 aromatic rings. The summed E-state index contributed by atoms with van der Waals surface area (Å²) < 4.78 is 9.68. The summed E-state index contributed by atoms with van der Waals surface area (Å²) >= 11 is 0. The van der Waals surface area contributed by atoms with E-state index in [2.05, 4.69) is 11.7 Å². The van der Waals surface area contributed by atoms with Crippen molar-refractivity contribution in [3.8, 4) is 0 Å². The molecule has 0 saturated carbocycles. The second-order valence-electron chi connectivity index (χ2n) is 5.43. The monoisotopic (exact) mass is 336 g/mol. The normalized spacial score (nSPS) is 10.3. The fourth-order valence-electron chi connectivity index (χ4n) is 2.14. The van der Waals surface area contributed by atoms with Crippen LogP contribution >= 0.6 is 0 Å². The van der Waals surface area contributed by atoms with Crippen molar-refractivity contribution in [2.24, 2.45) is 0 Å². The fraction of sp³-hybridized carbons (Fsp3) is 0.778. The minimum atomic E-state index is -0.515.